The number of amides is 1. The minimum absolute atomic E-state index is 0.0350. The Labute approximate surface area is 136 Å². The second-order valence-corrected chi connectivity index (χ2v) is 6.45. The molecule has 1 aromatic rings. The predicted octanol–water partition coefficient (Wildman–Crippen LogP) is 1.53. The zero-order valence-corrected chi connectivity index (χ0v) is 13.4. The molecule has 3 atom stereocenters. The molecule has 2 fully saturated rings. The van der Waals surface area contributed by atoms with E-state index < -0.39 is 12.0 Å². The van der Waals surface area contributed by atoms with Crippen molar-refractivity contribution in [2.75, 3.05) is 13.2 Å². The Bertz CT molecular complexity index is 588. The molecule has 1 N–H and O–H groups in total. The number of hydrogen-bond acceptors (Lipinski definition) is 4. The van der Waals surface area contributed by atoms with Gasteiger partial charge in [-0.3, -0.25) is 9.59 Å². The quantitative estimate of drug-likeness (QED) is 0.837. The van der Waals surface area contributed by atoms with Crippen LogP contribution in [-0.4, -0.2) is 47.2 Å². The molecule has 0 saturated carbocycles. The minimum atomic E-state index is -0.689. The molecule has 2 aliphatic rings. The van der Waals surface area contributed by atoms with E-state index in [0.29, 0.717) is 19.4 Å². The maximum absolute atomic E-state index is 12.8. The second-order valence-electron chi connectivity index (χ2n) is 6.45. The summed E-state index contributed by atoms with van der Waals surface area (Å²) in [5.74, 6) is -0.497. The molecule has 0 unspecified atom stereocenters. The summed E-state index contributed by atoms with van der Waals surface area (Å²) in [6, 6.07) is 9.73. The van der Waals surface area contributed by atoms with Crippen molar-refractivity contribution in [1.29, 1.82) is 0 Å². The summed E-state index contributed by atoms with van der Waals surface area (Å²) in [6.07, 6.45) is 2.88. The molecule has 0 aromatic heterocycles. The molecule has 0 aliphatic carbocycles. The topological polar surface area (TPSA) is 66.8 Å². The van der Waals surface area contributed by atoms with Crippen molar-refractivity contribution in [2.24, 2.45) is 5.41 Å². The lowest BCUT2D eigenvalue weighted by Gasteiger charge is -2.35. The fraction of sp³-hybridized carbons (Fsp3) is 0.556. The SMILES string of the molecule is CCOC(=O)[C@@]1(Cc2ccccc2)C[C@H]2CC[C@@H]1N2C(=O)CO. The number of aliphatic hydroxyl groups excluding tert-OH is 1. The normalized spacial score (nSPS) is 28.9. The lowest BCUT2D eigenvalue weighted by molar-refractivity contribution is -0.158. The maximum atomic E-state index is 12.8. The largest absolute Gasteiger partial charge is 0.465 e. The van der Waals surface area contributed by atoms with Crippen LogP contribution >= 0.6 is 0 Å². The molecule has 2 bridgehead atoms. The van der Waals surface area contributed by atoms with Gasteiger partial charge in [-0.05, 0) is 38.2 Å². The molecule has 5 heteroatoms. The summed E-state index contributed by atoms with van der Waals surface area (Å²) in [5.41, 5.74) is 0.384. The smallest absolute Gasteiger partial charge is 0.314 e. The molecule has 0 spiro atoms. The summed E-state index contributed by atoms with van der Waals surface area (Å²) < 4.78 is 5.38. The molecule has 0 radical (unpaired) electrons. The van der Waals surface area contributed by atoms with Gasteiger partial charge in [0.05, 0.1) is 12.0 Å². The van der Waals surface area contributed by atoms with Crippen LogP contribution in [0.4, 0.5) is 0 Å². The third-order valence-corrected chi connectivity index (χ3v) is 5.21. The van der Waals surface area contributed by atoms with Crippen LogP contribution < -0.4 is 0 Å². The number of carbonyl (C=O) groups is 2. The Hall–Kier alpha value is -1.88. The van der Waals surface area contributed by atoms with Gasteiger partial charge >= 0.3 is 5.97 Å². The third kappa shape index (κ3) is 2.63. The number of carbonyl (C=O) groups excluding carboxylic acids is 2. The van der Waals surface area contributed by atoms with Gasteiger partial charge in [0.1, 0.15) is 6.61 Å². The molecule has 2 aliphatic heterocycles. The van der Waals surface area contributed by atoms with Crippen LogP contribution in [0.3, 0.4) is 0 Å². The highest BCUT2D eigenvalue weighted by Gasteiger charge is 2.61. The van der Waals surface area contributed by atoms with Crippen LogP contribution in [0.5, 0.6) is 0 Å². The van der Waals surface area contributed by atoms with Crippen molar-refractivity contribution in [3.8, 4) is 0 Å². The van der Waals surface area contributed by atoms with E-state index in [1.54, 1.807) is 11.8 Å². The van der Waals surface area contributed by atoms with Gasteiger partial charge in [0.2, 0.25) is 5.91 Å². The Morgan fingerprint density at radius 1 is 1.30 bits per heavy atom. The summed E-state index contributed by atoms with van der Waals surface area (Å²) in [5, 5.41) is 9.25. The van der Waals surface area contributed by atoms with Crippen molar-refractivity contribution < 1.29 is 19.4 Å². The van der Waals surface area contributed by atoms with Gasteiger partial charge < -0.3 is 14.7 Å². The summed E-state index contributed by atoms with van der Waals surface area (Å²) in [6.45, 7) is 1.63. The molecule has 3 rings (SSSR count). The average molecular weight is 317 g/mol. The first-order valence-electron chi connectivity index (χ1n) is 8.25. The molecule has 2 heterocycles. The fourth-order valence-corrected chi connectivity index (χ4v) is 4.36. The molecular formula is C18H23NO4. The van der Waals surface area contributed by atoms with Gasteiger partial charge in [-0.25, -0.2) is 0 Å². The lowest BCUT2D eigenvalue weighted by atomic mass is 9.70. The zero-order chi connectivity index (χ0) is 16.4. The molecule has 1 amide bonds. The van der Waals surface area contributed by atoms with Crippen molar-refractivity contribution in [2.45, 2.75) is 44.7 Å². The first-order chi connectivity index (χ1) is 11.1. The number of ether oxygens (including phenoxy) is 1. The van der Waals surface area contributed by atoms with Crippen LogP contribution in [0, 0.1) is 5.41 Å². The number of rotatable bonds is 5. The van der Waals surface area contributed by atoms with Crippen LogP contribution in [0.1, 0.15) is 31.7 Å². The van der Waals surface area contributed by atoms with Gasteiger partial charge in [0.25, 0.3) is 0 Å². The maximum Gasteiger partial charge on any atom is 0.314 e. The number of fused-ring (bicyclic) bond motifs is 2. The van der Waals surface area contributed by atoms with Gasteiger partial charge in [0, 0.05) is 12.1 Å². The Morgan fingerprint density at radius 3 is 2.70 bits per heavy atom. The Balaban J connectivity index is 1.94. The van der Waals surface area contributed by atoms with Gasteiger partial charge in [-0.15, -0.1) is 0 Å². The number of aliphatic hydroxyl groups is 1. The highest BCUT2D eigenvalue weighted by atomic mass is 16.5. The second kappa shape index (κ2) is 6.32. The van der Waals surface area contributed by atoms with Gasteiger partial charge in [0.15, 0.2) is 0 Å². The van der Waals surface area contributed by atoms with E-state index in [-0.39, 0.29) is 24.0 Å². The molecule has 124 valence electrons. The van der Waals surface area contributed by atoms with E-state index in [4.69, 9.17) is 4.74 Å². The number of hydrogen-bond donors (Lipinski definition) is 1. The van der Waals surface area contributed by atoms with Gasteiger partial charge in [-0.1, -0.05) is 30.3 Å². The molecular weight excluding hydrogens is 294 g/mol. The highest BCUT2D eigenvalue weighted by Crippen LogP contribution is 2.52. The zero-order valence-electron chi connectivity index (χ0n) is 13.4. The Kier molecular flexibility index (Phi) is 4.39. The third-order valence-electron chi connectivity index (χ3n) is 5.21. The first kappa shape index (κ1) is 16.0. The number of esters is 1. The van der Waals surface area contributed by atoms with E-state index in [1.807, 2.05) is 30.3 Å². The first-order valence-corrected chi connectivity index (χ1v) is 8.25. The fourth-order valence-electron chi connectivity index (χ4n) is 4.36. The number of nitrogens with zero attached hydrogens (tertiary/aromatic N) is 1. The predicted molar refractivity (Wildman–Crippen MR) is 84.6 cm³/mol. The average Bonchev–Trinajstić information content (AvgIpc) is 3.11. The molecule has 2 saturated heterocycles. The van der Waals surface area contributed by atoms with Crippen molar-refractivity contribution in [3.63, 3.8) is 0 Å². The minimum Gasteiger partial charge on any atom is -0.465 e. The van der Waals surface area contributed by atoms with Crippen molar-refractivity contribution in [3.05, 3.63) is 35.9 Å². The monoisotopic (exact) mass is 317 g/mol. The van der Waals surface area contributed by atoms with Crippen LogP contribution in [0.2, 0.25) is 0 Å². The molecule has 5 nitrogen and oxygen atoms in total. The molecule has 1 aromatic carbocycles. The van der Waals surface area contributed by atoms with Crippen LogP contribution in [0.15, 0.2) is 30.3 Å². The summed E-state index contributed by atoms with van der Waals surface area (Å²) >= 11 is 0. The van der Waals surface area contributed by atoms with Crippen LogP contribution in [-0.2, 0) is 20.7 Å². The van der Waals surface area contributed by atoms with E-state index >= 15 is 0 Å². The standard InChI is InChI=1S/C18H23NO4/c1-2-23-17(22)18(10-13-6-4-3-5-7-13)11-14-8-9-15(18)19(14)16(21)12-20/h3-7,14-15,20H,2,8-12H2,1H3/t14-,15+,18+/m1/s1. The van der Waals surface area contributed by atoms with E-state index in [2.05, 4.69) is 0 Å². The van der Waals surface area contributed by atoms with Crippen LogP contribution in [0.25, 0.3) is 0 Å². The van der Waals surface area contributed by atoms with E-state index in [9.17, 15) is 14.7 Å². The summed E-state index contributed by atoms with van der Waals surface area (Å²) in [7, 11) is 0. The van der Waals surface area contributed by atoms with Gasteiger partial charge in [-0.2, -0.15) is 0 Å². The van der Waals surface area contributed by atoms with E-state index in [0.717, 1.165) is 18.4 Å². The Morgan fingerprint density at radius 2 is 2.04 bits per heavy atom. The number of benzene rings is 1. The van der Waals surface area contributed by atoms with E-state index in [1.165, 1.54) is 0 Å². The molecule has 23 heavy (non-hydrogen) atoms. The highest BCUT2D eigenvalue weighted by molar-refractivity contribution is 5.84. The summed E-state index contributed by atoms with van der Waals surface area (Å²) in [4.78, 5) is 26.7. The van der Waals surface area contributed by atoms with Crippen molar-refractivity contribution in [1.82, 2.24) is 4.90 Å². The lowest BCUT2D eigenvalue weighted by Crippen LogP contribution is -2.47. The van der Waals surface area contributed by atoms with Crippen molar-refractivity contribution >= 4 is 11.9 Å².